The highest BCUT2D eigenvalue weighted by molar-refractivity contribution is 6.18. The number of methoxy groups -OCH3 is 2. The number of hydrogen-bond acceptors (Lipinski definition) is 3. The fourth-order valence-electron chi connectivity index (χ4n) is 1.66. The second kappa shape index (κ2) is 5.02. The molecule has 1 saturated heterocycles. The van der Waals surface area contributed by atoms with Crippen LogP contribution in [0, 0.1) is 0 Å². The van der Waals surface area contributed by atoms with Crippen molar-refractivity contribution >= 4 is 11.6 Å². The molecule has 0 saturated carbocycles. The van der Waals surface area contributed by atoms with E-state index in [0.29, 0.717) is 5.88 Å². The normalized spacial score (nSPS) is 36.8. The van der Waals surface area contributed by atoms with Crippen LogP contribution >= 0.6 is 11.6 Å². The van der Waals surface area contributed by atoms with Crippen molar-refractivity contribution in [2.45, 2.75) is 24.7 Å². The third-order valence-electron chi connectivity index (χ3n) is 2.34. The lowest BCUT2D eigenvalue weighted by atomic mass is 9.99. The summed E-state index contributed by atoms with van der Waals surface area (Å²) in [6.07, 6.45) is 1.25. The first kappa shape index (κ1) is 10.3. The first-order valence-electron chi connectivity index (χ1n) is 4.18. The summed E-state index contributed by atoms with van der Waals surface area (Å²) in [7, 11) is 3.41. The first-order valence-corrected chi connectivity index (χ1v) is 4.72. The molecule has 3 atom stereocenters. The zero-order valence-corrected chi connectivity index (χ0v) is 8.30. The number of alkyl halides is 1. The lowest BCUT2D eigenvalue weighted by molar-refractivity contribution is -0.0675. The van der Waals surface area contributed by atoms with Crippen LogP contribution in [0.5, 0.6) is 0 Å². The Balaban J connectivity index is 2.52. The maximum Gasteiger partial charge on any atom is 0.0997 e. The standard InChI is InChI=1S/C8H16ClNO2/c1-11-7-3-4-10-6(5-9)8(7)12-2/h6-8,10H,3-5H2,1-2H3. The molecule has 1 heterocycles. The first-order chi connectivity index (χ1) is 5.83. The van der Waals surface area contributed by atoms with Crippen LogP contribution in [-0.2, 0) is 9.47 Å². The molecule has 3 nitrogen and oxygen atoms in total. The molecular formula is C8H16ClNO2. The van der Waals surface area contributed by atoms with Crippen LogP contribution in [-0.4, -0.2) is 44.9 Å². The van der Waals surface area contributed by atoms with Crippen molar-refractivity contribution in [3.63, 3.8) is 0 Å². The largest absolute Gasteiger partial charge is 0.379 e. The topological polar surface area (TPSA) is 30.5 Å². The van der Waals surface area contributed by atoms with Crippen LogP contribution in [0.3, 0.4) is 0 Å². The van der Waals surface area contributed by atoms with Gasteiger partial charge in [-0.05, 0) is 13.0 Å². The molecule has 0 bridgehead atoms. The predicted octanol–water partition coefficient (Wildman–Crippen LogP) is 0.617. The van der Waals surface area contributed by atoms with E-state index >= 15 is 0 Å². The van der Waals surface area contributed by atoms with Gasteiger partial charge in [0.15, 0.2) is 0 Å². The Morgan fingerprint density at radius 3 is 2.67 bits per heavy atom. The molecule has 0 aromatic rings. The van der Waals surface area contributed by atoms with Gasteiger partial charge in [-0.25, -0.2) is 0 Å². The summed E-state index contributed by atoms with van der Waals surface area (Å²) in [5.41, 5.74) is 0. The maximum absolute atomic E-state index is 5.78. The fourth-order valence-corrected chi connectivity index (χ4v) is 1.95. The molecule has 4 heteroatoms. The van der Waals surface area contributed by atoms with Gasteiger partial charge >= 0.3 is 0 Å². The lowest BCUT2D eigenvalue weighted by Gasteiger charge is -2.36. The molecular weight excluding hydrogens is 178 g/mol. The van der Waals surface area contributed by atoms with E-state index in [1.54, 1.807) is 14.2 Å². The van der Waals surface area contributed by atoms with Gasteiger partial charge in [0.2, 0.25) is 0 Å². The van der Waals surface area contributed by atoms with E-state index in [4.69, 9.17) is 21.1 Å². The smallest absolute Gasteiger partial charge is 0.0997 e. The summed E-state index contributed by atoms with van der Waals surface area (Å²) in [6, 6.07) is 0.218. The van der Waals surface area contributed by atoms with E-state index in [2.05, 4.69) is 5.32 Å². The van der Waals surface area contributed by atoms with Crippen LogP contribution in [0.4, 0.5) is 0 Å². The van der Waals surface area contributed by atoms with E-state index in [0.717, 1.165) is 13.0 Å². The number of hydrogen-bond donors (Lipinski definition) is 1. The van der Waals surface area contributed by atoms with Crippen molar-refractivity contribution in [3.8, 4) is 0 Å². The Morgan fingerprint density at radius 1 is 1.42 bits per heavy atom. The van der Waals surface area contributed by atoms with Gasteiger partial charge in [0.05, 0.1) is 12.2 Å². The summed E-state index contributed by atoms with van der Waals surface area (Å²) < 4.78 is 10.6. The SMILES string of the molecule is COC1CCNC(CCl)C1OC. The minimum atomic E-state index is 0.0845. The Hall–Kier alpha value is 0.170. The van der Waals surface area contributed by atoms with E-state index in [-0.39, 0.29) is 18.2 Å². The zero-order chi connectivity index (χ0) is 8.97. The monoisotopic (exact) mass is 193 g/mol. The number of halogens is 1. The molecule has 3 unspecified atom stereocenters. The maximum atomic E-state index is 5.78. The van der Waals surface area contributed by atoms with Gasteiger partial charge < -0.3 is 14.8 Å². The quantitative estimate of drug-likeness (QED) is 0.667. The fraction of sp³-hybridized carbons (Fsp3) is 1.00. The summed E-state index contributed by atoms with van der Waals surface area (Å²) in [5.74, 6) is 0.568. The zero-order valence-electron chi connectivity index (χ0n) is 7.55. The average molecular weight is 194 g/mol. The van der Waals surface area contributed by atoms with E-state index in [9.17, 15) is 0 Å². The van der Waals surface area contributed by atoms with E-state index < -0.39 is 0 Å². The Bertz CT molecular complexity index is 122. The Kier molecular flexibility index (Phi) is 4.29. The Morgan fingerprint density at radius 2 is 2.17 bits per heavy atom. The van der Waals surface area contributed by atoms with Crippen molar-refractivity contribution in [1.29, 1.82) is 0 Å². The van der Waals surface area contributed by atoms with Crippen LogP contribution in [0.15, 0.2) is 0 Å². The number of rotatable bonds is 3. The highest BCUT2D eigenvalue weighted by Crippen LogP contribution is 2.16. The molecule has 0 amide bonds. The van der Waals surface area contributed by atoms with E-state index in [1.807, 2.05) is 0 Å². The molecule has 1 rings (SSSR count). The number of ether oxygens (including phenoxy) is 2. The van der Waals surface area contributed by atoms with Gasteiger partial charge in [0.1, 0.15) is 0 Å². The molecule has 0 aromatic carbocycles. The molecule has 0 radical (unpaired) electrons. The average Bonchev–Trinajstić information content (AvgIpc) is 2.16. The van der Waals surface area contributed by atoms with Crippen molar-refractivity contribution in [3.05, 3.63) is 0 Å². The third kappa shape index (κ3) is 2.10. The van der Waals surface area contributed by atoms with Crippen molar-refractivity contribution < 1.29 is 9.47 Å². The summed E-state index contributed by atoms with van der Waals surface area (Å²) in [4.78, 5) is 0. The molecule has 1 aliphatic rings. The van der Waals surface area contributed by atoms with E-state index in [1.165, 1.54) is 0 Å². The number of piperidine rings is 1. The second-order valence-electron chi connectivity index (χ2n) is 2.98. The van der Waals surface area contributed by atoms with Gasteiger partial charge in [-0.3, -0.25) is 0 Å². The molecule has 1 aliphatic heterocycles. The molecule has 72 valence electrons. The van der Waals surface area contributed by atoms with Crippen molar-refractivity contribution in [2.24, 2.45) is 0 Å². The van der Waals surface area contributed by atoms with Crippen LogP contribution in [0.2, 0.25) is 0 Å². The molecule has 1 fully saturated rings. The second-order valence-corrected chi connectivity index (χ2v) is 3.29. The number of nitrogens with one attached hydrogen (secondary N) is 1. The van der Waals surface area contributed by atoms with Gasteiger partial charge in [0, 0.05) is 26.1 Å². The van der Waals surface area contributed by atoms with Crippen LogP contribution in [0.1, 0.15) is 6.42 Å². The highest BCUT2D eigenvalue weighted by atomic mass is 35.5. The molecule has 12 heavy (non-hydrogen) atoms. The van der Waals surface area contributed by atoms with Crippen molar-refractivity contribution in [1.82, 2.24) is 5.32 Å². The molecule has 0 aliphatic carbocycles. The van der Waals surface area contributed by atoms with Gasteiger partial charge in [-0.15, -0.1) is 11.6 Å². The van der Waals surface area contributed by atoms with Crippen LogP contribution < -0.4 is 5.32 Å². The highest BCUT2D eigenvalue weighted by Gasteiger charge is 2.32. The predicted molar refractivity (Wildman–Crippen MR) is 48.7 cm³/mol. The van der Waals surface area contributed by atoms with Crippen molar-refractivity contribution in [2.75, 3.05) is 26.6 Å². The van der Waals surface area contributed by atoms with Gasteiger partial charge in [-0.2, -0.15) is 0 Å². The molecule has 0 aromatic heterocycles. The minimum Gasteiger partial charge on any atom is -0.379 e. The molecule has 1 N–H and O–H groups in total. The summed E-state index contributed by atoms with van der Waals surface area (Å²) in [5, 5.41) is 3.30. The summed E-state index contributed by atoms with van der Waals surface area (Å²) >= 11 is 5.78. The van der Waals surface area contributed by atoms with Gasteiger partial charge in [-0.1, -0.05) is 0 Å². The Labute approximate surface area is 78.4 Å². The minimum absolute atomic E-state index is 0.0845. The molecule has 0 spiro atoms. The summed E-state index contributed by atoms with van der Waals surface area (Å²) in [6.45, 7) is 0.954. The van der Waals surface area contributed by atoms with Crippen LogP contribution in [0.25, 0.3) is 0 Å². The van der Waals surface area contributed by atoms with Gasteiger partial charge in [0.25, 0.3) is 0 Å². The lowest BCUT2D eigenvalue weighted by Crippen LogP contribution is -2.54. The third-order valence-corrected chi connectivity index (χ3v) is 2.67.